The molecule has 1 N–H and O–H groups in total. The maximum Gasteiger partial charge on any atom is 0.334 e. The molecule has 0 amide bonds. The van der Waals surface area contributed by atoms with Gasteiger partial charge < -0.3 is 14.7 Å². The van der Waals surface area contributed by atoms with E-state index >= 15 is 8.78 Å². The number of rotatable bonds is 5. The van der Waals surface area contributed by atoms with Crippen molar-refractivity contribution in [2.75, 3.05) is 25.1 Å². The zero-order valence-corrected chi connectivity index (χ0v) is 14.3. The SMILES string of the molecule is CCn1c(N2CC[C@@H](OC)C2)nnc1C(F)(F)C1(O)CCCCC1. The first-order valence-corrected chi connectivity index (χ1v) is 8.74. The lowest BCUT2D eigenvalue weighted by Crippen LogP contribution is -2.48. The van der Waals surface area contributed by atoms with E-state index < -0.39 is 17.3 Å². The Morgan fingerprint density at radius 1 is 1.29 bits per heavy atom. The van der Waals surface area contributed by atoms with Crippen LogP contribution in [-0.4, -0.2) is 51.8 Å². The minimum absolute atomic E-state index is 0.0819. The first-order valence-electron chi connectivity index (χ1n) is 8.74. The molecule has 1 saturated carbocycles. The molecule has 24 heavy (non-hydrogen) atoms. The van der Waals surface area contributed by atoms with Gasteiger partial charge in [-0.25, -0.2) is 0 Å². The van der Waals surface area contributed by atoms with Crippen LogP contribution in [0.4, 0.5) is 14.7 Å². The molecule has 3 rings (SSSR count). The molecule has 6 nitrogen and oxygen atoms in total. The normalized spacial score (nSPS) is 24.5. The minimum atomic E-state index is -3.41. The average molecular weight is 344 g/mol. The Kier molecular flexibility index (Phi) is 4.79. The fourth-order valence-corrected chi connectivity index (χ4v) is 3.81. The van der Waals surface area contributed by atoms with Gasteiger partial charge >= 0.3 is 5.92 Å². The first kappa shape index (κ1) is 17.5. The molecule has 2 aliphatic rings. The summed E-state index contributed by atoms with van der Waals surface area (Å²) in [6.07, 6.45) is 3.22. The van der Waals surface area contributed by atoms with Crippen LogP contribution in [0.25, 0.3) is 0 Å². The van der Waals surface area contributed by atoms with Crippen molar-refractivity contribution in [3.05, 3.63) is 5.82 Å². The number of anilines is 1. The number of alkyl halides is 2. The van der Waals surface area contributed by atoms with Gasteiger partial charge in [-0.15, -0.1) is 10.2 Å². The van der Waals surface area contributed by atoms with Gasteiger partial charge in [0.2, 0.25) is 11.8 Å². The summed E-state index contributed by atoms with van der Waals surface area (Å²) in [5, 5.41) is 18.4. The molecule has 1 aliphatic heterocycles. The van der Waals surface area contributed by atoms with Crippen molar-refractivity contribution in [2.45, 2.75) is 69.6 Å². The topological polar surface area (TPSA) is 63.4 Å². The van der Waals surface area contributed by atoms with Gasteiger partial charge in [0.05, 0.1) is 6.10 Å². The standard InChI is InChI=1S/C16H26F2N4O2/c1-3-22-13(16(17,18)15(23)8-5-4-6-9-15)19-20-14(22)21-10-7-12(11-21)24-2/h12,23H,3-11H2,1-2H3/t12-/m1/s1. The van der Waals surface area contributed by atoms with E-state index in [0.717, 1.165) is 12.8 Å². The summed E-state index contributed by atoms with van der Waals surface area (Å²) in [6, 6.07) is 0. The molecule has 0 aromatic carbocycles. The maximum atomic E-state index is 15.1. The van der Waals surface area contributed by atoms with Crippen molar-refractivity contribution in [1.82, 2.24) is 14.8 Å². The second-order valence-electron chi connectivity index (χ2n) is 6.83. The van der Waals surface area contributed by atoms with Crippen molar-refractivity contribution >= 4 is 5.95 Å². The van der Waals surface area contributed by atoms with Crippen LogP contribution in [-0.2, 0) is 17.2 Å². The van der Waals surface area contributed by atoms with Gasteiger partial charge in [-0.1, -0.05) is 19.3 Å². The highest BCUT2D eigenvalue weighted by molar-refractivity contribution is 5.34. The summed E-state index contributed by atoms with van der Waals surface area (Å²) in [5.41, 5.74) is -2.03. The first-order chi connectivity index (χ1) is 11.4. The second-order valence-corrected chi connectivity index (χ2v) is 6.83. The Balaban J connectivity index is 1.91. The van der Waals surface area contributed by atoms with Gasteiger partial charge in [-0.05, 0) is 26.2 Å². The molecule has 0 spiro atoms. The van der Waals surface area contributed by atoms with Crippen LogP contribution < -0.4 is 4.90 Å². The van der Waals surface area contributed by atoms with E-state index in [1.165, 1.54) is 4.57 Å². The van der Waals surface area contributed by atoms with Crippen LogP contribution in [0.1, 0.15) is 51.3 Å². The molecule has 1 saturated heterocycles. The van der Waals surface area contributed by atoms with Gasteiger partial charge in [0.1, 0.15) is 5.60 Å². The Hall–Kier alpha value is -1.28. The van der Waals surface area contributed by atoms with E-state index in [-0.39, 0.29) is 18.9 Å². The van der Waals surface area contributed by atoms with Crippen LogP contribution >= 0.6 is 0 Å². The molecule has 1 aliphatic carbocycles. The molecule has 136 valence electrons. The number of methoxy groups -OCH3 is 1. The molecule has 8 heteroatoms. The number of hydrogen-bond acceptors (Lipinski definition) is 5. The lowest BCUT2D eigenvalue weighted by molar-refractivity contribution is -0.208. The second kappa shape index (κ2) is 6.55. The Labute approximate surface area is 140 Å². The Morgan fingerprint density at radius 2 is 2.00 bits per heavy atom. The number of ether oxygens (including phenoxy) is 1. The lowest BCUT2D eigenvalue weighted by Gasteiger charge is -2.38. The van der Waals surface area contributed by atoms with Gasteiger partial charge in [0, 0.05) is 26.7 Å². The Bertz CT molecular complexity index is 572. The third kappa shape index (κ3) is 2.79. The van der Waals surface area contributed by atoms with Crippen molar-refractivity contribution in [3.8, 4) is 0 Å². The van der Waals surface area contributed by atoms with Crippen molar-refractivity contribution in [1.29, 1.82) is 0 Å². The fourth-order valence-electron chi connectivity index (χ4n) is 3.81. The molecule has 2 heterocycles. The molecule has 2 fully saturated rings. The van der Waals surface area contributed by atoms with Crippen molar-refractivity contribution < 1.29 is 18.6 Å². The summed E-state index contributed by atoms with van der Waals surface area (Å²) in [7, 11) is 1.65. The van der Waals surface area contributed by atoms with E-state index in [2.05, 4.69) is 10.2 Å². The van der Waals surface area contributed by atoms with Crippen LogP contribution in [0.15, 0.2) is 0 Å². The monoisotopic (exact) mass is 344 g/mol. The van der Waals surface area contributed by atoms with Crippen molar-refractivity contribution in [2.24, 2.45) is 0 Å². The zero-order chi connectivity index (χ0) is 17.4. The van der Waals surface area contributed by atoms with E-state index in [1.807, 2.05) is 4.90 Å². The summed E-state index contributed by atoms with van der Waals surface area (Å²) >= 11 is 0. The highest BCUT2D eigenvalue weighted by atomic mass is 19.3. The predicted molar refractivity (Wildman–Crippen MR) is 85.3 cm³/mol. The van der Waals surface area contributed by atoms with E-state index in [9.17, 15) is 5.11 Å². The Morgan fingerprint density at radius 3 is 2.58 bits per heavy atom. The smallest absolute Gasteiger partial charge is 0.334 e. The van der Waals surface area contributed by atoms with Gasteiger partial charge in [-0.2, -0.15) is 8.78 Å². The van der Waals surface area contributed by atoms with Crippen LogP contribution in [0.2, 0.25) is 0 Å². The maximum absolute atomic E-state index is 15.1. The molecule has 1 aromatic heterocycles. The van der Waals surface area contributed by atoms with Gasteiger partial charge in [0.15, 0.2) is 0 Å². The van der Waals surface area contributed by atoms with Gasteiger partial charge in [0.25, 0.3) is 0 Å². The molecule has 1 atom stereocenters. The van der Waals surface area contributed by atoms with Crippen LogP contribution in [0.3, 0.4) is 0 Å². The van der Waals surface area contributed by atoms with Crippen LogP contribution in [0.5, 0.6) is 0 Å². The molecular formula is C16H26F2N4O2. The highest BCUT2D eigenvalue weighted by Gasteiger charge is 2.57. The number of hydrogen-bond donors (Lipinski definition) is 1. The third-order valence-corrected chi connectivity index (χ3v) is 5.35. The summed E-state index contributed by atoms with van der Waals surface area (Å²) in [5.74, 6) is -3.40. The van der Waals surface area contributed by atoms with E-state index in [4.69, 9.17) is 4.74 Å². The number of nitrogens with zero attached hydrogens (tertiary/aromatic N) is 4. The minimum Gasteiger partial charge on any atom is -0.383 e. The lowest BCUT2D eigenvalue weighted by atomic mass is 9.79. The number of aliphatic hydroxyl groups is 1. The predicted octanol–water partition coefficient (Wildman–Crippen LogP) is 2.31. The van der Waals surface area contributed by atoms with Crippen LogP contribution in [0, 0.1) is 0 Å². The zero-order valence-electron chi connectivity index (χ0n) is 14.3. The number of halogens is 2. The van der Waals surface area contributed by atoms with E-state index in [0.29, 0.717) is 38.4 Å². The molecule has 0 radical (unpaired) electrons. The largest absolute Gasteiger partial charge is 0.383 e. The molecule has 0 unspecified atom stereocenters. The summed E-state index contributed by atoms with van der Waals surface area (Å²) in [6.45, 7) is 3.44. The molecule has 0 bridgehead atoms. The number of aromatic nitrogens is 3. The average Bonchev–Trinajstić information content (AvgIpc) is 3.21. The third-order valence-electron chi connectivity index (χ3n) is 5.35. The van der Waals surface area contributed by atoms with Gasteiger partial charge in [-0.3, -0.25) is 4.57 Å². The quantitative estimate of drug-likeness (QED) is 0.888. The molecular weight excluding hydrogens is 318 g/mol. The van der Waals surface area contributed by atoms with E-state index in [1.54, 1.807) is 14.0 Å². The fraction of sp³-hybridized carbons (Fsp3) is 0.875. The highest BCUT2D eigenvalue weighted by Crippen LogP contribution is 2.46. The molecule has 1 aromatic rings. The summed E-state index contributed by atoms with van der Waals surface area (Å²) < 4.78 is 37.0. The van der Waals surface area contributed by atoms with Crippen molar-refractivity contribution in [3.63, 3.8) is 0 Å². The summed E-state index contributed by atoms with van der Waals surface area (Å²) in [4.78, 5) is 1.93.